The summed E-state index contributed by atoms with van der Waals surface area (Å²) in [5.74, 6) is 3.52. The van der Waals surface area contributed by atoms with E-state index in [0.29, 0.717) is 35.2 Å². The Bertz CT molecular complexity index is 7830. The molecular weight excluding hydrogens is 1440 g/mol. The lowest BCUT2D eigenvalue weighted by molar-refractivity contribution is 0.660. The predicted molar refractivity (Wildman–Crippen MR) is 484 cm³/mol. The maximum absolute atomic E-state index is 5.64. The monoisotopic (exact) mass is 1510 g/mol. The fourth-order valence-electron chi connectivity index (χ4n) is 19.9. The quantitative estimate of drug-likeness (QED) is 0.128. The standard InChI is InChI=1S/C108H74N10/c1-107(2)87-38-19-14-33-77(87)78-55-50-73(63-89(78)107)103-110-104(114-106(113-103)118-94-42-23-17-36-85(94)97-95(118)59-57-83-81-34-15-20-39-91(81)115(99(83)97)75-31-12-7-13-32-75)74-51-56-80-79-54-49-72(62-88(79)108(3,4)90(80)64-74)71-30-24-29-70(61-71)67-43-45-69(46-44-67)102-109-101(68-27-10-6-11-28-68)111-105(112-102)117-93-41-22-18-37-86(93)98-96(117)60-58-84-82-35-16-21-40-92(82)116(100(84)98)76-52-47-66(48-53-76)65-25-8-5-9-26-65/h5-15,17-34,36-64H,16,35H2,1-4H3. The molecule has 24 rings (SSSR count). The van der Waals surface area contributed by atoms with Crippen molar-refractivity contribution >= 4 is 82.4 Å². The number of fused-ring (bicyclic) bond motifs is 20. The van der Waals surface area contributed by atoms with Crippen LogP contribution in [0.15, 0.2) is 346 Å². The topological polar surface area (TPSA) is 97.1 Å². The van der Waals surface area contributed by atoms with Crippen LogP contribution in [-0.4, -0.2) is 48.2 Å². The van der Waals surface area contributed by atoms with Gasteiger partial charge in [-0.1, -0.05) is 295 Å². The first-order valence-corrected chi connectivity index (χ1v) is 40.8. The van der Waals surface area contributed by atoms with Crippen molar-refractivity contribution in [1.29, 1.82) is 0 Å². The summed E-state index contributed by atoms with van der Waals surface area (Å²) in [4.78, 5) is 32.9. The molecule has 6 aromatic heterocycles. The van der Waals surface area contributed by atoms with Crippen LogP contribution >= 0.6 is 0 Å². The van der Waals surface area contributed by atoms with Gasteiger partial charge in [-0.05, 0) is 181 Å². The third-order valence-corrected chi connectivity index (χ3v) is 25.6. The molecule has 0 unspecified atom stereocenters. The summed E-state index contributed by atoms with van der Waals surface area (Å²) >= 11 is 0. The van der Waals surface area contributed by atoms with Crippen LogP contribution in [0.2, 0.25) is 0 Å². The molecule has 0 bridgehead atoms. The van der Waals surface area contributed by atoms with Gasteiger partial charge in [0.2, 0.25) is 11.9 Å². The smallest absolute Gasteiger partial charge is 0.238 e. The Labute approximate surface area is 681 Å². The van der Waals surface area contributed by atoms with E-state index in [0.717, 1.165) is 123 Å². The van der Waals surface area contributed by atoms with Crippen molar-refractivity contribution in [2.45, 2.75) is 51.4 Å². The maximum atomic E-state index is 5.64. The van der Waals surface area contributed by atoms with Crippen LogP contribution in [-0.2, 0) is 17.3 Å². The highest BCUT2D eigenvalue weighted by Gasteiger charge is 2.39. The van der Waals surface area contributed by atoms with Crippen LogP contribution < -0.4 is 0 Å². The van der Waals surface area contributed by atoms with Crippen LogP contribution in [0, 0.1) is 0 Å². The summed E-state index contributed by atoms with van der Waals surface area (Å²) in [5, 5.41) is 8.20. The van der Waals surface area contributed by atoms with Crippen LogP contribution in [0.1, 0.15) is 67.6 Å². The van der Waals surface area contributed by atoms with Gasteiger partial charge < -0.3 is 9.13 Å². The first-order chi connectivity index (χ1) is 58.0. The number of nitrogens with zero attached hydrogens (tertiary/aromatic N) is 10. The van der Waals surface area contributed by atoms with Gasteiger partial charge in [0.15, 0.2) is 23.3 Å². The van der Waals surface area contributed by atoms with Crippen molar-refractivity contribution in [3.8, 4) is 124 Å². The second-order valence-corrected chi connectivity index (χ2v) is 32.8. The number of para-hydroxylation sites is 4. The molecule has 0 amide bonds. The maximum Gasteiger partial charge on any atom is 0.238 e. The number of hydrogen-bond acceptors (Lipinski definition) is 6. The van der Waals surface area contributed by atoms with E-state index in [1.807, 2.05) is 18.2 Å². The lowest BCUT2D eigenvalue weighted by Crippen LogP contribution is -2.15. The second-order valence-electron chi connectivity index (χ2n) is 32.8. The van der Waals surface area contributed by atoms with Crippen LogP contribution in [0.4, 0.5) is 0 Å². The fourth-order valence-corrected chi connectivity index (χ4v) is 19.9. The van der Waals surface area contributed by atoms with Gasteiger partial charge in [0.05, 0.1) is 38.6 Å². The molecule has 6 heterocycles. The van der Waals surface area contributed by atoms with Crippen molar-refractivity contribution < 1.29 is 0 Å². The fraction of sp³-hybridized carbons (Fsp3) is 0.0741. The Morgan fingerprint density at radius 1 is 0.254 bits per heavy atom. The third kappa shape index (κ3) is 10.2. The Morgan fingerprint density at radius 2 is 0.644 bits per heavy atom. The van der Waals surface area contributed by atoms with E-state index >= 15 is 0 Å². The zero-order valence-electron chi connectivity index (χ0n) is 65.4. The van der Waals surface area contributed by atoms with Crippen molar-refractivity contribution in [2.24, 2.45) is 0 Å². The van der Waals surface area contributed by atoms with E-state index in [1.54, 1.807) is 0 Å². The first-order valence-electron chi connectivity index (χ1n) is 40.8. The minimum absolute atomic E-state index is 0.232. The molecule has 0 atom stereocenters. The molecule has 10 heteroatoms. The Morgan fingerprint density at radius 3 is 1.25 bits per heavy atom. The van der Waals surface area contributed by atoms with Crippen molar-refractivity contribution in [1.82, 2.24) is 48.2 Å². The van der Waals surface area contributed by atoms with E-state index in [-0.39, 0.29) is 10.8 Å². The lowest BCUT2D eigenvalue weighted by Gasteiger charge is -2.23. The molecule has 0 aliphatic heterocycles. The molecule has 0 N–H and O–H groups in total. The van der Waals surface area contributed by atoms with E-state index < -0.39 is 0 Å². The van der Waals surface area contributed by atoms with Gasteiger partial charge in [-0.15, -0.1) is 0 Å². The highest BCUT2D eigenvalue weighted by molar-refractivity contribution is 6.26. The number of hydrogen-bond donors (Lipinski definition) is 0. The Hall–Kier alpha value is -15.0. The highest BCUT2D eigenvalue weighted by Crippen LogP contribution is 2.54. The largest absolute Gasteiger partial charge is 0.309 e. The van der Waals surface area contributed by atoms with Gasteiger partial charge in [-0.3, -0.25) is 9.13 Å². The minimum Gasteiger partial charge on any atom is -0.309 e. The Balaban J connectivity index is 0.583. The lowest BCUT2D eigenvalue weighted by atomic mass is 9.81. The van der Waals surface area contributed by atoms with Gasteiger partial charge >= 0.3 is 0 Å². The SMILES string of the molecule is CC1(C)c2ccccc2-c2ccc(-c3nc(-c4ccc5c(c4)C(C)(C)c4cc(-c6cccc(-c7ccc(-c8nc(-c9ccccc9)nc(-n9c%10ccccc%10c%10c%11c(ccc%109)c9c(n%11-c%10ccc(-c%11ccccc%11)cc%10)C=CCC9)n8)cc7)c6)ccc4-5)nc(-n4c5ccccc5c5c4ccc4c6ccccc6n(-c6ccccc6)c45)n3)cc21. The number of aromatic nitrogens is 10. The summed E-state index contributed by atoms with van der Waals surface area (Å²) in [5.41, 5.74) is 32.3. The minimum atomic E-state index is -0.387. The molecule has 3 aliphatic carbocycles. The Kier molecular flexibility index (Phi) is 14.7. The summed E-state index contributed by atoms with van der Waals surface area (Å²) < 4.78 is 9.42. The van der Waals surface area contributed by atoms with E-state index in [4.69, 9.17) is 29.9 Å². The molecule has 0 spiro atoms. The van der Waals surface area contributed by atoms with E-state index in [1.165, 1.54) is 88.6 Å². The average Bonchev–Trinajstić information content (AvgIpc) is 1.50. The third-order valence-electron chi connectivity index (χ3n) is 25.6. The zero-order valence-corrected chi connectivity index (χ0v) is 65.4. The van der Waals surface area contributed by atoms with E-state index in [9.17, 15) is 0 Å². The van der Waals surface area contributed by atoms with Crippen LogP contribution in [0.3, 0.4) is 0 Å². The molecular formula is C108H74N10. The molecule has 10 nitrogen and oxygen atoms in total. The zero-order chi connectivity index (χ0) is 78.2. The van der Waals surface area contributed by atoms with Crippen molar-refractivity contribution in [2.75, 3.05) is 0 Å². The molecule has 118 heavy (non-hydrogen) atoms. The van der Waals surface area contributed by atoms with Gasteiger partial charge in [-0.25, -0.2) is 9.97 Å². The predicted octanol–water partition coefficient (Wildman–Crippen LogP) is 26.5. The first kappa shape index (κ1) is 67.5. The summed E-state index contributed by atoms with van der Waals surface area (Å²) in [6.07, 6.45) is 6.60. The molecule has 0 saturated carbocycles. The van der Waals surface area contributed by atoms with Crippen molar-refractivity contribution in [3.05, 3.63) is 379 Å². The average molecular weight is 1510 g/mol. The van der Waals surface area contributed by atoms with Crippen LogP contribution in [0.25, 0.3) is 207 Å². The molecule has 0 radical (unpaired) electrons. The number of benzene rings is 15. The van der Waals surface area contributed by atoms with Gasteiger partial charge in [0.1, 0.15) is 0 Å². The van der Waals surface area contributed by atoms with Crippen molar-refractivity contribution in [3.63, 3.8) is 0 Å². The molecule has 556 valence electrons. The molecule has 21 aromatic rings. The summed E-state index contributed by atoms with van der Waals surface area (Å²) in [6.45, 7) is 9.38. The highest BCUT2D eigenvalue weighted by atomic mass is 15.2. The second kappa shape index (κ2) is 25.8. The molecule has 3 aliphatic rings. The van der Waals surface area contributed by atoms with Gasteiger partial charge in [-0.2, -0.15) is 19.9 Å². The number of rotatable bonds is 11. The molecule has 0 fully saturated rings. The molecule has 0 saturated heterocycles. The normalized spacial score (nSPS) is 13.6. The molecule has 15 aromatic carbocycles. The van der Waals surface area contributed by atoms with E-state index in [2.05, 4.69) is 380 Å². The van der Waals surface area contributed by atoms with Gasteiger partial charge in [0, 0.05) is 87.9 Å². The number of allylic oxidation sites excluding steroid dienone is 1. The van der Waals surface area contributed by atoms with Crippen LogP contribution in [0.5, 0.6) is 0 Å². The summed E-state index contributed by atoms with van der Waals surface area (Å²) in [7, 11) is 0. The summed E-state index contributed by atoms with van der Waals surface area (Å²) in [6, 6.07) is 123. The van der Waals surface area contributed by atoms with Gasteiger partial charge in [0.25, 0.3) is 0 Å². The number of aryl methyl sites for hydroxylation is 1.